The van der Waals surface area contributed by atoms with Gasteiger partial charge in [0.15, 0.2) is 0 Å². The summed E-state index contributed by atoms with van der Waals surface area (Å²) < 4.78 is 47.5. The van der Waals surface area contributed by atoms with Gasteiger partial charge in [0.1, 0.15) is 11.6 Å². The van der Waals surface area contributed by atoms with Gasteiger partial charge in [-0.15, -0.1) is 0 Å². The lowest BCUT2D eigenvalue weighted by Gasteiger charge is -2.42. The lowest BCUT2D eigenvalue weighted by molar-refractivity contribution is -0.120. The molecule has 164 valence electrons. The van der Waals surface area contributed by atoms with Crippen molar-refractivity contribution < 1.29 is 27.8 Å². The molecule has 3 rings (SSSR count). The summed E-state index contributed by atoms with van der Waals surface area (Å²) >= 11 is 0. The number of amides is 1. The molecule has 0 fully saturated rings. The number of fused-ring (bicyclic) bond motifs is 1. The van der Waals surface area contributed by atoms with Crippen LogP contribution in [-0.4, -0.2) is 44.6 Å². The Bertz CT molecular complexity index is 892. The third kappa shape index (κ3) is 5.99. The van der Waals surface area contributed by atoms with Crippen LogP contribution in [0.25, 0.3) is 0 Å². The molecular weight excluding hydrogens is 414 g/mol. The molecule has 0 aromatic heterocycles. The molecule has 2 aromatic rings. The predicted molar refractivity (Wildman–Crippen MR) is 112 cm³/mol. The Labute approximate surface area is 175 Å². The van der Waals surface area contributed by atoms with E-state index in [2.05, 4.69) is 10.6 Å². The number of carbonyl (C=O) groups excluding carboxylic acids is 1. The van der Waals surface area contributed by atoms with Crippen molar-refractivity contribution in [2.45, 2.75) is 37.3 Å². The second-order valence-corrected chi connectivity index (χ2v) is 9.86. The van der Waals surface area contributed by atoms with Gasteiger partial charge in [-0.05, 0) is 35.2 Å². The fourth-order valence-corrected chi connectivity index (χ4v) is 5.48. The summed E-state index contributed by atoms with van der Waals surface area (Å²) in [4.78, 5) is 11.6. The zero-order chi connectivity index (χ0) is 21.9. The van der Waals surface area contributed by atoms with Crippen molar-refractivity contribution in [3.05, 3.63) is 70.8 Å². The standard InChI is InChI=1S/C21H26F2N2O4S/c1-13(26)25-19(8-14-6-16(22)9-17(23)7-14)21(27)10-24-20-12-30(28,29)11-15-4-2-3-5-18(15)20/h2-7,9,19-21,24,27-29H,8,10-12H2,1H3,(H,25,26)/t19-,20?,21-/m0/s1. The molecule has 0 spiro atoms. The maximum Gasteiger partial charge on any atom is 0.217 e. The van der Waals surface area contributed by atoms with E-state index in [0.717, 1.165) is 29.3 Å². The molecular formula is C21H26F2N2O4S. The van der Waals surface area contributed by atoms with Gasteiger partial charge in [0.25, 0.3) is 0 Å². The maximum absolute atomic E-state index is 13.5. The summed E-state index contributed by atoms with van der Waals surface area (Å²) in [6.45, 7) is 1.34. The number of carbonyl (C=O) groups is 1. The van der Waals surface area contributed by atoms with Crippen LogP contribution >= 0.6 is 10.6 Å². The molecule has 0 bridgehead atoms. The maximum atomic E-state index is 13.5. The van der Waals surface area contributed by atoms with E-state index in [0.29, 0.717) is 5.56 Å². The highest BCUT2D eigenvalue weighted by molar-refractivity contribution is 8.23. The monoisotopic (exact) mass is 440 g/mol. The number of aliphatic hydroxyl groups excluding tert-OH is 1. The number of benzene rings is 2. The van der Waals surface area contributed by atoms with E-state index >= 15 is 0 Å². The van der Waals surface area contributed by atoms with Crippen molar-refractivity contribution >= 4 is 16.5 Å². The molecule has 0 saturated carbocycles. The summed E-state index contributed by atoms with van der Waals surface area (Å²) in [6.07, 6.45) is -1.04. The Morgan fingerprint density at radius 2 is 1.87 bits per heavy atom. The molecule has 1 amide bonds. The summed E-state index contributed by atoms with van der Waals surface area (Å²) in [5.74, 6) is -1.53. The lowest BCUT2D eigenvalue weighted by Crippen LogP contribution is -2.49. The van der Waals surface area contributed by atoms with Crippen LogP contribution in [0.4, 0.5) is 8.78 Å². The Balaban J connectivity index is 1.71. The van der Waals surface area contributed by atoms with Crippen molar-refractivity contribution in [1.82, 2.24) is 10.6 Å². The van der Waals surface area contributed by atoms with Crippen LogP contribution in [0.2, 0.25) is 0 Å². The van der Waals surface area contributed by atoms with E-state index in [9.17, 15) is 27.8 Å². The first-order chi connectivity index (χ1) is 14.1. The van der Waals surface area contributed by atoms with Crippen LogP contribution in [0.3, 0.4) is 0 Å². The number of hydrogen-bond acceptors (Lipinski definition) is 5. The van der Waals surface area contributed by atoms with E-state index in [4.69, 9.17) is 0 Å². The van der Waals surface area contributed by atoms with Gasteiger partial charge in [0.05, 0.1) is 29.7 Å². The van der Waals surface area contributed by atoms with E-state index in [1.54, 1.807) is 0 Å². The highest BCUT2D eigenvalue weighted by Gasteiger charge is 2.31. The van der Waals surface area contributed by atoms with E-state index < -0.39 is 34.4 Å². The lowest BCUT2D eigenvalue weighted by atomic mass is 9.99. The fraction of sp³-hybridized carbons (Fsp3) is 0.381. The van der Waals surface area contributed by atoms with Crippen LogP contribution in [0, 0.1) is 11.6 Å². The Kier molecular flexibility index (Phi) is 7.10. The van der Waals surface area contributed by atoms with Crippen LogP contribution in [0.1, 0.15) is 29.7 Å². The first kappa shape index (κ1) is 22.6. The van der Waals surface area contributed by atoms with Crippen molar-refractivity contribution in [3.63, 3.8) is 0 Å². The fourth-order valence-electron chi connectivity index (χ4n) is 3.77. The zero-order valence-corrected chi connectivity index (χ0v) is 17.3. The van der Waals surface area contributed by atoms with Crippen LogP contribution < -0.4 is 10.6 Å². The van der Waals surface area contributed by atoms with Gasteiger partial charge in [0, 0.05) is 19.5 Å². The minimum absolute atomic E-state index is 0.0353. The highest BCUT2D eigenvalue weighted by Crippen LogP contribution is 2.50. The normalized spacial score (nSPS) is 20.7. The van der Waals surface area contributed by atoms with Gasteiger partial charge in [0.2, 0.25) is 5.91 Å². The molecule has 0 saturated heterocycles. The quantitative estimate of drug-likeness (QED) is 0.456. The third-order valence-corrected chi connectivity index (χ3v) is 6.70. The smallest absolute Gasteiger partial charge is 0.217 e. The van der Waals surface area contributed by atoms with Gasteiger partial charge in [-0.25, -0.2) is 8.78 Å². The second-order valence-electron chi connectivity index (χ2n) is 7.63. The van der Waals surface area contributed by atoms with Crippen molar-refractivity contribution in [2.75, 3.05) is 12.3 Å². The van der Waals surface area contributed by atoms with Crippen LogP contribution in [0.15, 0.2) is 42.5 Å². The molecule has 5 N–H and O–H groups in total. The molecule has 6 nitrogen and oxygen atoms in total. The number of hydrogen-bond donors (Lipinski definition) is 5. The first-order valence-electron chi connectivity index (χ1n) is 9.58. The number of rotatable bonds is 7. The van der Waals surface area contributed by atoms with Gasteiger partial charge < -0.3 is 15.7 Å². The molecule has 30 heavy (non-hydrogen) atoms. The summed E-state index contributed by atoms with van der Waals surface area (Å²) in [7, 11) is -2.79. The summed E-state index contributed by atoms with van der Waals surface area (Å²) in [5.41, 5.74) is 2.08. The predicted octanol–water partition coefficient (Wildman–Crippen LogP) is 2.97. The van der Waals surface area contributed by atoms with E-state index in [-0.39, 0.29) is 36.4 Å². The zero-order valence-electron chi connectivity index (χ0n) is 16.5. The van der Waals surface area contributed by atoms with Crippen molar-refractivity contribution in [3.8, 4) is 0 Å². The highest BCUT2D eigenvalue weighted by atomic mass is 32.3. The van der Waals surface area contributed by atoms with Gasteiger partial charge in [-0.1, -0.05) is 24.3 Å². The number of halogens is 2. The molecule has 0 radical (unpaired) electrons. The SMILES string of the molecule is CC(=O)N[C@@H](Cc1cc(F)cc(F)c1)[C@@H](O)CNC1CS(O)(O)Cc2ccccc21. The Morgan fingerprint density at radius 3 is 2.53 bits per heavy atom. The molecule has 1 aliphatic heterocycles. The minimum atomic E-state index is -2.79. The Morgan fingerprint density at radius 1 is 1.20 bits per heavy atom. The molecule has 2 aromatic carbocycles. The Hall–Kier alpha value is -2.04. The molecule has 1 aliphatic rings. The van der Waals surface area contributed by atoms with Gasteiger partial charge in [-0.2, -0.15) is 10.6 Å². The molecule has 9 heteroatoms. The average Bonchev–Trinajstić information content (AvgIpc) is 2.63. The molecule has 3 atom stereocenters. The van der Waals surface area contributed by atoms with Gasteiger partial charge in [-0.3, -0.25) is 13.9 Å². The number of nitrogens with one attached hydrogen (secondary N) is 2. The minimum Gasteiger partial charge on any atom is -0.390 e. The van der Waals surface area contributed by atoms with Crippen LogP contribution in [-0.2, 0) is 17.0 Å². The second kappa shape index (κ2) is 9.40. The molecule has 1 unspecified atom stereocenters. The number of aliphatic hydroxyl groups is 1. The van der Waals surface area contributed by atoms with Crippen LogP contribution in [0.5, 0.6) is 0 Å². The van der Waals surface area contributed by atoms with Crippen molar-refractivity contribution in [2.24, 2.45) is 0 Å². The molecule has 1 heterocycles. The summed E-state index contributed by atoms with van der Waals surface area (Å²) in [6, 6.07) is 9.34. The first-order valence-corrected chi connectivity index (χ1v) is 11.5. The van der Waals surface area contributed by atoms with E-state index in [1.165, 1.54) is 6.92 Å². The van der Waals surface area contributed by atoms with Gasteiger partial charge >= 0.3 is 0 Å². The average molecular weight is 441 g/mol. The largest absolute Gasteiger partial charge is 0.390 e. The third-order valence-electron chi connectivity index (χ3n) is 5.06. The van der Waals surface area contributed by atoms with Crippen molar-refractivity contribution in [1.29, 1.82) is 0 Å². The molecule has 0 aliphatic carbocycles. The summed E-state index contributed by atoms with van der Waals surface area (Å²) in [5, 5.41) is 16.5. The topological polar surface area (TPSA) is 102 Å². The van der Waals surface area contributed by atoms with E-state index in [1.807, 2.05) is 24.3 Å².